The van der Waals surface area contributed by atoms with E-state index in [9.17, 15) is 31.1 Å². The van der Waals surface area contributed by atoms with Crippen LogP contribution in [-0.4, -0.2) is 33.9 Å². The minimum Gasteiger partial charge on any atom is -0.329 e. The molecule has 0 aliphatic rings. The average molecular weight is 411 g/mol. The predicted octanol–water partition coefficient (Wildman–Crippen LogP) is 4.38. The SMILES string of the molecule is CCCON(Cc1ccc(-c2noc(C(F)(F)F)n2)cc1)C(=O)CC(F)(F)F. The van der Waals surface area contributed by atoms with E-state index in [0.717, 1.165) is 0 Å². The van der Waals surface area contributed by atoms with Crippen LogP contribution in [-0.2, 0) is 22.4 Å². The number of amides is 1. The van der Waals surface area contributed by atoms with Crippen LogP contribution in [0.5, 0.6) is 0 Å². The molecule has 0 spiro atoms. The fourth-order valence-electron chi connectivity index (χ4n) is 2.05. The second kappa shape index (κ2) is 8.59. The molecule has 1 aromatic heterocycles. The van der Waals surface area contributed by atoms with Crippen LogP contribution >= 0.6 is 0 Å². The Labute approximate surface area is 155 Å². The van der Waals surface area contributed by atoms with Gasteiger partial charge < -0.3 is 4.52 Å². The standard InChI is InChI=1S/C16H15F6N3O3/c1-2-7-27-25(12(26)8-15(17,18)19)9-10-3-5-11(6-4-10)13-23-14(28-24-13)16(20,21)22/h3-6H,2,7-9H2,1H3. The van der Waals surface area contributed by atoms with Crippen molar-refractivity contribution < 1.29 is 40.5 Å². The van der Waals surface area contributed by atoms with E-state index < -0.39 is 30.6 Å². The fraction of sp³-hybridized carbons (Fsp3) is 0.438. The van der Waals surface area contributed by atoms with E-state index in [2.05, 4.69) is 14.7 Å². The van der Waals surface area contributed by atoms with Gasteiger partial charge in [0.05, 0.1) is 13.2 Å². The van der Waals surface area contributed by atoms with Gasteiger partial charge in [0, 0.05) is 5.56 Å². The van der Waals surface area contributed by atoms with Crippen LogP contribution in [0.1, 0.15) is 31.2 Å². The smallest absolute Gasteiger partial charge is 0.329 e. The molecule has 28 heavy (non-hydrogen) atoms. The van der Waals surface area contributed by atoms with Crippen LogP contribution in [0.15, 0.2) is 28.8 Å². The molecule has 0 fully saturated rings. The average Bonchev–Trinajstić information content (AvgIpc) is 3.08. The summed E-state index contributed by atoms with van der Waals surface area (Å²) in [4.78, 5) is 20.1. The molecule has 0 bridgehead atoms. The summed E-state index contributed by atoms with van der Waals surface area (Å²) in [6.45, 7) is 1.50. The molecule has 12 heteroatoms. The summed E-state index contributed by atoms with van der Waals surface area (Å²) < 4.78 is 79.0. The molecule has 6 nitrogen and oxygen atoms in total. The third kappa shape index (κ3) is 6.22. The molecule has 0 N–H and O–H groups in total. The molecular weight excluding hydrogens is 396 g/mol. The molecule has 2 rings (SSSR count). The van der Waals surface area contributed by atoms with Gasteiger partial charge in [0.15, 0.2) is 0 Å². The predicted molar refractivity (Wildman–Crippen MR) is 82.2 cm³/mol. The van der Waals surface area contributed by atoms with Gasteiger partial charge in [0.25, 0.3) is 5.91 Å². The Kier molecular flexibility index (Phi) is 6.65. The number of benzene rings is 1. The quantitative estimate of drug-likeness (QED) is 0.500. The van der Waals surface area contributed by atoms with E-state index in [4.69, 9.17) is 4.84 Å². The lowest BCUT2D eigenvalue weighted by molar-refractivity contribution is -0.206. The van der Waals surface area contributed by atoms with Crippen LogP contribution in [0, 0.1) is 0 Å². The number of hydroxylamine groups is 2. The molecule has 1 aromatic carbocycles. The Morgan fingerprint density at radius 1 is 1.14 bits per heavy atom. The molecule has 0 aliphatic carbocycles. The number of rotatable bonds is 7. The maximum absolute atomic E-state index is 12.5. The van der Waals surface area contributed by atoms with Crippen LogP contribution in [0.4, 0.5) is 26.3 Å². The molecule has 2 aromatic rings. The fourth-order valence-corrected chi connectivity index (χ4v) is 2.05. The number of aromatic nitrogens is 2. The first-order valence-corrected chi connectivity index (χ1v) is 8.00. The van der Waals surface area contributed by atoms with Crippen molar-refractivity contribution in [2.45, 2.75) is 38.7 Å². The van der Waals surface area contributed by atoms with Gasteiger partial charge in [-0.1, -0.05) is 36.3 Å². The zero-order valence-corrected chi connectivity index (χ0v) is 14.5. The number of carbonyl (C=O) groups excluding carboxylic acids is 1. The Balaban J connectivity index is 2.11. The molecule has 0 atom stereocenters. The minimum atomic E-state index is -4.78. The summed E-state index contributed by atoms with van der Waals surface area (Å²) in [6.07, 6.45) is -10.6. The molecule has 0 saturated heterocycles. The van der Waals surface area contributed by atoms with Crippen molar-refractivity contribution in [3.05, 3.63) is 35.7 Å². The third-order valence-corrected chi connectivity index (χ3v) is 3.29. The zero-order valence-electron chi connectivity index (χ0n) is 14.5. The van der Waals surface area contributed by atoms with Gasteiger partial charge >= 0.3 is 18.2 Å². The van der Waals surface area contributed by atoms with Gasteiger partial charge in [-0.15, -0.1) is 0 Å². The van der Waals surface area contributed by atoms with E-state index in [1.54, 1.807) is 6.92 Å². The summed E-state index contributed by atoms with van der Waals surface area (Å²) in [5, 5.41) is 3.85. The van der Waals surface area contributed by atoms with Crippen molar-refractivity contribution in [3.8, 4) is 11.4 Å². The first-order chi connectivity index (χ1) is 13.0. The van der Waals surface area contributed by atoms with Crippen LogP contribution < -0.4 is 0 Å². The summed E-state index contributed by atoms with van der Waals surface area (Å²) in [6, 6.07) is 5.52. The highest BCUT2D eigenvalue weighted by molar-refractivity contribution is 5.75. The molecule has 1 amide bonds. The molecule has 154 valence electrons. The molecule has 0 radical (unpaired) electrons. The van der Waals surface area contributed by atoms with Gasteiger partial charge in [0.1, 0.15) is 6.42 Å². The third-order valence-electron chi connectivity index (χ3n) is 3.29. The molecular formula is C16H15F6N3O3. The van der Waals surface area contributed by atoms with Crippen molar-refractivity contribution in [3.63, 3.8) is 0 Å². The second-order valence-electron chi connectivity index (χ2n) is 5.67. The summed E-state index contributed by atoms with van der Waals surface area (Å²) >= 11 is 0. The topological polar surface area (TPSA) is 68.5 Å². The maximum atomic E-state index is 12.5. The highest BCUT2D eigenvalue weighted by atomic mass is 19.4. The largest absolute Gasteiger partial charge is 0.471 e. The van der Waals surface area contributed by atoms with Gasteiger partial charge in [-0.25, -0.2) is 5.06 Å². The first kappa shape index (κ1) is 21.7. The van der Waals surface area contributed by atoms with E-state index in [-0.39, 0.29) is 24.5 Å². The minimum absolute atomic E-state index is 0.0464. The van der Waals surface area contributed by atoms with Crippen molar-refractivity contribution in [2.24, 2.45) is 0 Å². The Bertz CT molecular complexity index is 786. The van der Waals surface area contributed by atoms with Crippen molar-refractivity contribution >= 4 is 5.91 Å². The van der Waals surface area contributed by atoms with Crippen molar-refractivity contribution in [2.75, 3.05) is 6.61 Å². The summed E-state index contributed by atoms with van der Waals surface area (Å²) in [5.74, 6) is -3.05. The lowest BCUT2D eigenvalue weighted by Crippen LogP contribution is -2.34. The number of nitrogens with zero attached hydrogens (tertiary/aromatic N) is 3. The Morgan fingerprint density at radius 3 is 2.29 bits per heavy atom. The van der Waals surface area contributed by atoms with E-state index in [1.807, 2.05) is 0 Å². The maximum Gasteiger partial charge on any atom is 0.471 e. The lowest BCUT2D eigenvalue weighted by Gasteiger charge is -2.22. The summed E-state index contributed by atoms with van der Waals surface area (Å²) in [5.41, 5.74) is 0.598. The number of carbonyl (C=O) groups is 1. The van der Waals surface area contributed by atoms with E-state index in [1.165, 1.54) is 24.3 Å². The number of hydrogen-bond donors (Lipinski definition) is 0. The Morgan fingerprint density at radius 2 is 1.79 bits per heavy atom. The van der Waals surface area contributed by atoms with Crippen LogP contribution in [0.2, 0.25) is 0 Å². The second-order valence-corrected chi connectivity index (χ2v) is 5.67. The van der Waals surface area contributed by atoms with E-state index >= 15 is 0 Å². The number of alkyl halides is 6. The number of halogens is 6. The molecule has 1 heterocycles. The van der Waals surface area contributed by atoms with Gasteiger partial charge in [-0.05, 0) is 12.0 Å². The molecule has 0 unspecified atom stereocenters. The van der Waals surface area contributed by atoms with Crippen molar-refractivity contribution in [1.29, 1.82) is 0 Å². The van der Waals surface area contributed by atoms with Crippen molar-refractivity contribution in [1.82, 2.24) is 15.2 Å². The van der Waals surface area contributed by atoms with Crippen LogP contribution in [0.25, 0.3) is 11.4 Å². The highest BCUT2D eigenvalue weighted by Gasteiger charge is 2.38. The monoisotopic (exact) mass is 411 g/mol. The Hall–Kier alpha value is -2.63. The summed E-state index contributed by atoms with van der Waals surface area (Å²) in [7, 11) is 0. The first-order valence-electron chi connectivity index (χ1n) is 8.00. The lowest BCUT2D eigenvalue weighted by atomic mass is 10.1. The molecule has 0 saturated carbocycles. The van der Waals surface area contributed by atoms with E-state index in [0.29, 0.717) is 17.0 Å². The zero-order chi connectivity index (χ0) is 20.9. The van der Waals surface area contributed by atoms with Crippen LogP contribution in [0.3, 0.4) is 0 Å². The van der Waals surface area contributed by atoms with Gasteiger partial charge in [-0.3, -0.25) is 9.63 Å². The van der Waals surface area contributed by atoms with Gasteiger partial charge in [-0.2, -0.15) is 31.3 Å². The molecule has 0 aliphatic heterocycles. The van der Waals surface area contributed by atoms with Gasteiger partial charge in [0.2, 0.25) is 5.82 Å². The number of hydrogen-bond acceptors (Lipinski definition) is 5. The normalized spacial score (nSPS) is 12.2. The highest BCUT2D eigenvalue weighted by Crippen LogP contribution is 2.29.